The molecule has 0 heterocycles. The maximum atomic E-state index is 11.3. The van der Waals surface area contributed by atoms with Gasteiger partial charge in [0, 0.05) is 5.25 Å². The number of unbranched alkanes of at least 4 members (excludes halogenated alkanes) is 10. The molecule has 0 saturated heterocycles. The molecule has 0 fully saturated rings. The molecule has 0 saturated carbocycles. The molecule has 0 amide bonds. The van der Waals surface area contributed by atoms with Crippen molar-refractivity contribution in [3.8, 4) is 0 Å². The van der Waals surface area contributed by atoms with E-state index in [1.165, 1.54) is 19.3 Å². The molecule has 2 atom stereocenters. The molecule has 0 spiro atoms. The van der Waals surface area contributed by atoms with Gasteiger partial charge in [-0.1, -0.05) is 97.3 Å². The molecule has 4 nitrogen and oxygen atoms in total. The fourth-order valence-corrected chi connectivity index (χ4v) is 4.38. The molecular formula is C21H43KO4S. The van der Waals surface area contributed by atoms with Crippen molar-refractivity contribution in [2.75, 3.05) is 0 Å². The zero-order valence-electron chi connectivity index (χ0n) is 18.3. The van der Waals surface area contributed by atoms with Crippen LogP contribution in [-0.2, 0) is 10.1 Å². The SMILES string of the molecule is CCCCCCC(O)CCCCCCCCC(CCCCC)S(=O)(=O)[O-].[K+]. The van der Waals surface area contributed by atoms with E-state index < -0.39 is 15.4 Å². The Balaban J connectivity index is 0. The topological polar surface area (TPSA) is 77.4 Å². The van der Waals surface area contributed by atoms with E-state index in [-0.39, 0.29) is 57.5 Å². The Hall–Kier alpha value is 1.51. The van der Waals surface area contributed by atoms with Gasteiger partial charge in [0.25, 0.3) is 0 Å². The normalized spacial score (nSPS) is 13.9. The van der Waals surface area contributed by atoms with Crippen LogP contribution in [0.5, 0.6) is 0 Å². The zero-order chi connectivity index (χ0) is 19.7. The fraction of sp³-hybridized carbons (Fsp3) is 1.00. The fourth-order valence-electron chi connectivity index (χ4n) is 3.47. The molecule has 0 radical (unpaired) electrons. The maximum Gasteiger partial charge on any atom is 1.00 e. The van der Waals surface area contributed by atoms with Crippen molar-refractivity contribution in [3.05, 3.63) is 0 Å². The molecular weight excluding hydrogens is 387 g/mol. The van der Waals surface area contributed by atoms with Crippen molar-refractivity contribution in [2.24, 2.45) is 0 Å². The van der Waals surface area contributed by atoms with Crippen molar-refractivity contribution in [3.63, 3.8) is 0 Å². The van der Waals surface area contributed by atoms with Gasteiger partial charge in [-0.3, -0.25) is 0 Å². The van der Waals surface area contributed by atoms with E-state index in [0.29, 0.717) is 12.8 Å². The zero-order valence-corrected chi connectivity index (χ0v) is 22.2. The van der Waals surface area contributed by atoms with E-state index in [0.717, 1.165) is 77.0 Å². The monoisotopic (exact) mass is 430 g/mol. The van der Waals surface area contributed by atoms with Crippen LogP contribution in [0.3, 0.4) is 0 Å². The van der Waals surface area contributed by atoms with Gasteiger partial charge in [-0.15, -0.1) is 0 Å². The van der Waals surface area contributed by atoms with Crippen LogP contribution in [0.1, 0.15) is 123 Å². The third-order valence-electron chi connectivity index (χ3n) is 5.24. The quantitative estimate of drug-likeness (QED) is 0.194. The molecule has 6 heteroatoms. The molecule has 0 bridgehead atoms. The minimum absolute atomic E-state index is 0. The predicted molar refractivity (Wildman–Crippen MR) is 109 cm³/mol. The van der Waals surface area contributed by atoms with Gasteiger partial charge in [0.05, 0.1) is 16.2 Å². The Bertz CT molecular complexity index is 401. The van der Waals surface area contributed by atoms with Crippen LogP contribution in [0.25, 0.3) is 0 Å². The molecule has 0 aromatic heterocycles. The maximum absolute atomic E-state index is 11.3. The summed E-state index contributed by atoms with van der Waals surface area (Å²) in [6.45, 7) is 4.27. The Labute approximate surface area is 211 Å². The van der Waals surface area contributed by atoms with Gasteiger partial charge in [0.2, 0.25) is 0 Å². The number of hydrogen-bond acceptors (Lipinski definition) is 4. The summed E-state index contributed by atoms with van der Waals surface area (Å²) in [6.07, 6.45) is 16.7. The van der Waals surface area contributed by atoms with Gasteiger partial charge in [0.1, 0.15) is 0 Å². The van der Waals surface area contributed by atoms with E-state index in [1.807, 2.05) is 0 Å². The van der Waals surface area contributed by atoms with Crippen LogP contribution in [0, 0.1) is 0 Å². The van der Waals surface area contributed by atoms with E-state index >= 15 is 0 Å². The Morgan fingerprint density at radius 1 is 0.667 bits per heavy atom. The van der Waals surface area contributed by atoms with Crippen molar-refractivity contribution in [1.29, 1.82) is 0 Å². The Morgan fingerprint density at radius 3 is 1.44 bits per heavy atom. The molecule has 158 valence electrons. The minimum Gasteiger partial charge on any atom is -0.748 e. The standard InChI is InChI=1S/C21H44O4S.K/c1-3-5-7-13-16-20(22)17-14-10-8-9-11-15-19-21(26(23,24)25)18-12-6-4-2;/h20-22H,3-19H2,1-2H3,(H,23,24,25);/q;+1/p-1. The molecule has 1 N–H and O–H groups in total. The first-order valence-corrected chi connectivity index (χ1v) is 12.5. The molecule has 0 aliphatic carbocycles. The third-order valence-corrected chi connectivity index (χ3v) is 6.53. The summed E-state index contributed by atoms with van der Waals surface area (Å²) in [5, 5.41) is 9.25. The predicted octanol–water partition coefficient (Wildman–Crippen LogP) is 2.94. The van der Waals surface area contributed by atoms with Gasteiger partial charge in [-0.05, 0) is 25.7 Å². The van der Waals surface area contributed by atoms with Gasteiger partial charge < -0.3 is 9.66 Å². The molecule has 27 heavy (non-hydrogen) atoms. The summed E-state index contributed by atoms with van der Waals surface area (Å²) in [5.41, 5.74) is 0. The average molecular weight is 431 g/mol. The number of aliphatic hydroxyl groups excluding tert-OH is 1. The summed E-state index contributed by atoms with van der Waals surface area (Å²) in [5.74, 6) is 0. The average Bonchev–Trinajstić information content (AvgIpc) is 2.58. The summed E-state index contributed by atoms with van der Waals surface area (Å²) in [6, 6.07) is 0. The summed E-state index contributed by atoms with van der Waals surface area (Å²) < 4.78 is 34.0. The van der Waals surface area contributed by atoms with Crippen LogP contribution >= 0.6 is 0 Å². The summed E-state index contributed by atoms with van der Waals surface area (Å²) in [7, 11) is -4.15. The molecule has 0 aromatic carbocycles. The van der Waals surface area contributed by atoms with E-state index in [9.17, 15) is 18.1 Å². The van der Waals surface area contributed by atoms with Gasteiger partial charge >= 0.3 is 51.4 Å². The van der Waals surface area contributed by atoms with Crippen LogP contribution < -0.4 is 51.4 Å². The smallest absolute Gasteiger partial charge is 0.748 e. The molecule has 2 unspecified atom stereocenters. The van der Waals surface area contributed by atoms with Crippen LogP contribution in [0.15, 0.2) is 0 Å². The van der Waals surface area contributed by atoms with Crippen LogP contribution in [0.2, 0.25) is 0 Å². The molecule has 0 aliphatic rings. The molecule has 0 aromatic rings. The first kappa shape index (κ1) is 30.7. The van der Waals surface area contributed by atoms with Gasteiger partial charge in [0.15, 0.2) is 0 Å². The van der Waals surface area contributed by atoms with Crippen LogP contribution in [-0.4, -0.2) is 29.4 Å². The largest absolute Gasteiger partial charge is 1.00 e. The van der Waals surface area contributed by atoms with Crippen molar-refractivity contribution in [1.82, 2.24) is 0 Å². The Kier molecular flexibility index (Phi) is 23.6. The second-order valence-electron chi connectivity index (χ2n) is 7.81. The number of rotatable bonds is 19. The minimum atomic E-state index is -4.15. The Morgan fingerprint density at radius 2 is 1.00 bits per heavy atom. The van der Waals surface area contributed by atoms with Gasteiger partial charge in [-0.2, -0.15) is 0 Å². The van der Waals surface area contributed by atoms with E-state index in [1.54, 1.807) is 0 Å². The van der Waals surface area contributed by atoms with E-state index in [2.05, 4.69) is 13.8 Å². The third kappa shape index (κ3) is 20.6. The first-order chi connectivity index (χ1) is 12.4. The van der Waals surface area contributed by atoms with Crippen LogP contribution in [0.4, 0.5) is 0 Å². The van der Waals surface area contributed by atoms with Crippen molar-refractivity contribution < 1.29 is 69.5 Å². The molecule has 0 rings (SSSR count). The molecule has 0 aliphatic heterocycles. The number of aliphatic hydroxyl groups is 1. The summed E-state index contributed by atoms with van der Waals surface area (Å²) in [4.78, 5) is 0. The van der Waals surface area contributed by atoms with E-state index in [4.69, 9.17) is 0 Å². The van der Waals surface area contributed by atoms with Crippen molar-refractivity contribution >= 4 is 10.1 Å². The summed E-state index contributed by atoms with van der Waals surface area (Å²) >= 11 is 0. The first-order valence-electron chi connectivity index (χ1n) is 11.0. The second-order valence-corrected chi connectivity index (χ2v) is 9.46. The second kappa shape index (κ2) is 20.8. The van der Waals surface area contributed by atoms with Gasteiger partial charge in [-0.25, -0.2) is 8.42 Å². The number of hydrogen-bond donors (Lipinski definition) is 1. The van der Waals surface area contributed by atoms with Crippen molar-refractivity contribution in [2.45, 2.75) is 134 Å².